The molecule has 7 nitrogen and oxygen atoms in total. The minimum atomic E-state index is -0.361. The number of ether oxygens (including phenoxy) is 2. The van der Waals surface area contributed by atoms with Crippen LogP contribution in [-0.2, 0) is 4.79 Å². The first-order valence-electron chi connectivity index (χ1n) is 10.3. The predicted octanol–water partition coefficient (Wildman–Crippen LogP) is 4.35. The molecular weight excluding hydrogens is 463 g/mol. The van der Waals surface area contributed by atoms with Crippen LogP contribution < -0.4 is 20.1 Å². The molecule has 4 rings (SSSR count). The van der Waals surface area contributed by atoms with Gasteiger partial charge < -0.3 is 20.1 Å². The van der Waals surface area contributed by atoms with Crippen LogP contribution in [0.4, 0.5) is 5.95 Å². The van der Waals surface area contributed by atoms with Gasteiger partial charge in [0, 0.05) is 35.3 Å². The van der Waals surface area contributed by atoms with Gasteiger partial charge in [0.2, 0.25) is 11.7 Å². The van der Waals surface area contributed by atoms with E-state index in [0.29, 0.717) is 39.5 Å². The number of aromatic nitrogens is 2. The minimum Gasteiger partial charge on any atom is -0.495 e. The highest BCUT2D eigenvalue weighted by Gasteiger charge is 2.34. The van der Waals surface area contributed by atoms with Gasteiger partial charge in [0.1, 0.15) is 11.5 Å². The molecule has 0 radical (unpaired) electrons. The summed E-state index contributed by atoms with van der Waals surface area (Å²) in [6, 6.07) is 6.97. The fourth-order valence-corrected chi connectivity index (χ4v) is 4.71. The normalized spacial score (nSPS) is 19.8. The summed E-state index contributed by atoms with van der Waals surface area (Å²) < 4.78 is 10.7. The van der Waals surface area contributed by atoms with Crippen LogP contribution in [0.15, 0.2) is 30.5 Å². The Morgan fingerprint density at radius 1 is 1.21 bits per heavy atom. The third-order valence-electron chi connectivity index (χ3n) is 5.77. The van der Waals surface area contributed by atoms with Crippen molar-refractivity contribution < 1.29 is 14.3 Å². The lowest BCUT2D eigenvalue weighted by molar-refractivity contribution is -0.115. The third kappa shape index (κ3) is 4.42. The summed E-state index contributed by atoms with van der Waals surface area (Å²) in [6.45, 7) is 1.99. The van der Waals surface area contributed by atoms with Crippen LogP contribution in [0.1, 0.15) is 13.3 Å². The fourth-order valence-electron chi connectivity index (χ4n) is 3.99. The zero-order chi connectivity index (χ0) is 23.7. The van der Waals surface area contributed by atoms with Crippen LogP contribution in [0.25, 0.3) is 22.0 Å². The monoisotopic (exact) mass is 484 g/mol. The summed E-state index contributed by atoms with van der Waals surface area (Å²) in [7, 11) is 3.07. The average molecular weight is 485 g/mol. The van der Waals surface area contributed by atoms with Crippen molar-refractivity contribution in [3.8, 4) is 35.0 Å². The number of fused-ring (bicyclic) bond motifs is 1. The van der Waals surface area contributed by atoms with E-state index in [4.69, 9.17) is 39.1 Å². The Morgan fingerprint density at radius 2 is 1.91 bits per heavy atom. The smallest absolute Gasteiger partial charge is 0.223 e. The van der Waals surface area contributed by atoms with Crippen molar-refractivity contribution in [2.75, 3.05) is 19.5 Å². The Labute approximate surface area is 201 Å². The van der Waals surface area contributed by atoms with E-state index in [1.807, 2.05) is 25.1 Å². The molecule has 3 atom stereocenters. The number of Topliss-reactive ketones (excluding diaryl/α,β-unsaturated/α-hetero) is 1. The molecule has 1 fully saturated rings. The quantitative estimate of drug-likeness (QED) is 0.397. The van der Waals surface area contributed by atoms with Crippen molar-refractivity contribution >= 4 is 45.8 Å². The first-order chi connectivity index (χ1) is 15.9. The molecule has 0 amide bonds. The van der Waals surface area contributed by atoms with Crippen LogP contribution in [0.5, 0.6) is 11.5 Å². The summed E-state index contributed by atoms with van der Waals surface area (Å²) in [5.74, 6) is 3.34. The van der Waals surface area contributed by atoms with Crippen molar-refractivity contribution in [3.63, 3.8) is 0 Å². The van der Waals surface area contributed by atoms with Gasteiger partial charge in [-0.1, -0.05) is 29.3 Å². The van der Waals surface area contributed by atoms with Gasteiger partial charge in [-0.15, -0.1) is 6.42 Å². The number of halogens is 2. The third-order valence-corrected chi connectivity index (χ3v) is 6.52. The molecule has 2 N–H and O–H groups in total. The second-order valence-corrected chi connectivity index (χ2v) is 8.51. The number of benzene rings is 2. The standard InChI is InChI=1S/C24H22Cl2N4O3/c1-5-18(31)17-9-16(12(2)28-17)30-24-27-11-14-8-13(6-7-15(14)29-24)21-22(25)19(32-3)10-20(33-4)23(21)26/h1,6-8,10-12,16-17,28H,9H2,2-4H3,(H,27,29,30)/t12-,16+,17?/m0/s1. The highest BCUT2D eigenvalue weighted by atomic mass is 35.5. The maximum Gasteiger partial charge on any atom is 0.223 e. The van der Waals surface area contributed by atoms with Crippen molar-refractivity contribution in [3.05, 3.63) is 40.5 Å². The van der Waals surface area contributed by atoms with Crippen LogP contribution >= 0.6 is 23.2 Å². The highest BCUT2D eigenvalue weighted by Crippen LogP contribution is 2.46. The highest BCUT2D eigenvalue weighted by molar-refractivity contribution is 6.41. The lowest BCUT2D eigenvalue weighted by Crippen LogP contribution is -2.36. The van der Waals surface area contributed by atoms with Crippen LogP contribution in [0.3, 0.4) is 0 Å². The molecule has 2 aromatic carbocycles. The molecule has 170 valence electrons. The molecule has 1 aliphatic rings. The van der Waals surface area contributed by atoms with Gasteiger partial charge in [0.25, 0.3) is 0 Å². The largest absolute Gasteiger partial charge is 0.495 e. The van der Waals surface area contributed by atoms with Gasteiger partial charge >= 0.3 is 0 Å². The number of ketones is 1. The van der Waals surface area contributed by atoms with E-state index in [9.17, 15) is 4.79 Å². The number of carbonyl (C=O) groups is 1. The zero-order valence-corrected chi connectivity index (χ0v) is 19.8. The Balaban J connectivity index is 1.64. The van der Waals surface area contributed by atoms with Crippen LogP contribution in [0.2, 0.25) is 10.0 Å². The summed E-state index contributed by atoms with van der Waals surface area (Å²) in [4.78, 5) is 20.9. The number of hydrogen-bond donors (Lipinski definition) is 2. The molecule has 0 saturated carbocycles. The van der Waals surface area contributed by atoms with E-state index in [1.54, 1.807) is 12.3 Å². The summed E-state index contributed by atoms with van der Waals surface area (Å²) in [5.41, 5.74) is 2.13. The average Bonchev–Trinajstić information content (AvgIpc) is 3.18. The van der Waals surface area contributed by atoms with Gasteiger partial charge in [0.05, 0.1) is 35.8 Å². The number of rotatable bonds is 6. The first kappa shape index (κ1) is 23.1. The molecule has 9 heteroatoms. The number of carbonyl (C=O) groups excluding carboxylic acids is 1. The molecule has 0 bridgehead atoms. The van der Waals surface area contributed by atoms with Crippen molar-refractivity contribution in [2.24, 2.45) is 0 Å². The summed E-state index contributed by atoms with van der Waals surface area (Å²) in [6.07, 6.45) is 7.54. The molecule has 1 saturated heterocycles. The Kier molecular flexibility index (Phi) is 6.61. The number of terminal acetylenes is 1. The molecule has 33 heavy (non-hydrogen) atoms. The number of hydrogen-bond acceptors (Lipinski definition) is 7. The molecule has 0 aliphatic carbocycles. The number of nitrogens with one attached hydrogen (secondary N) is 2. The van der Waals surface area contributed by atoms with E-state index in [1.165, 1.54) is 14.2 Å². The van der Waals surface area contributed by atoms with Gasteiger partial charge in [-0.2, -0.15) is 0 Å². The maximum absolute atomic E-state index is 11.8. The molecular formula is C24H22Cl2N4O3. The van der Waals surface area contributed by atoms with Crippen LogP contribution in [-0.4, -0.2) is 48.1 Å². The Bertz CT molecular complexity index is 1250. The molecule has 1 unspecified atom stereocenters. The topological polar surface area (TPSA) is 85.4 Å². The van der Waals surface area contributed by atoms with E-state index < -0.39 is 0 Å². The van der Waals surface area contributed by atoms with Gasteiger partial charge in [0.15, 0.2) is 0 Å². The van der Waals surface area contributed by atoms with E-state index in [2.05, 4.69) is 26.5 Å². The molecule has 1 aromatic heterocycles. The lowest BCUT2D eigenvalue weighted by Gasteiger charge is -2.17. The zero-order valence-electron chi connectivity index (χ0n) is 18.3. The molecule has 3 aromatic rings. The summed E-state index contributed by atoms with van der Waals surface area (Å²) in [5, 5.41) is 8.11. The molecule has 1 aliphatic heterocycles. The number of anilines is 1. The fraction of sp³-hybridized carbons (Fsp3) is 0.292. The minimum absolute atomic E-state index is 0.0223. The van der Waals surface area contributed by atoms with Crippen LogP contribution in [0, 0.1) is 12.3 Å². The number of methoxy groups -OCH3 is 2. The Hall–Kier alpha value is -3.05. The second-order valence-electron chi connectivity index (χ2n) is 7.75. The summed E-state index contributed by atoms with van der Waals surface area (Å²) >= 11 is 13.1. The molecule has 0 spiro atoms. The predicted molar refractivity (Wildman–Crippen MR) is 130 cm³/mol. The second kappa shape index (κ2) is 9.44. The first-order valence-corrected chi connectivity index (χ1v) is 11.0. The van der Waals surface area contributed by atoms with Gasteiger partial charge in [-0.25, -0.2) is 9.97 Å². The van der Waals surface area contributed by atoms with Crippen molar-refractivity contribution in [2.45, 2.75) is 31.5 Å². The van der Waals surface area contributed by atoms with Gasteiger partial charge in [-0.05, 0) is 37.0 Å². The van der Waals surface area contributed by atoms with Crippen molar-refractivity contribution in [1.82, 2.24) is 15.3 Å². The van der Waals surface area contributed by atoms with Gasteiger partial charge in [-0.3, -0.25) is 4.79 Å². The maximum atomic E-state index is 11.8. The van der Waals surface area contributed by atoms with E-state index in [-0.39, 0.29) is 23.9 Å². The van der Waals surface area contributed by atoms with E-state index >= 15 is 0 Å². The van der Waals surface area contributed by atoms with Crippen molar-refractivity contribution in [1.29, 1.82) is 0 Å². The molecule has 2 heterocycles. The lowest BCUT2D eigenvalue weighted by atomic mass is 10.0. The van der Waals surface area contributed by atoms with E-state index in [0.717, 1.165) is 16.5 Å². The Morgan fingerprint density at radius 3 is 2.55 bits per heavy atom. The SMILES string of the molecule is C#CC(=O)C1C[C@@H](Nc2ncc3cc(-c4c(Cl)c(OC)cc(OC)c4Cl)ccc3n2)[C@H](C)N1. The number of nitrogens with zero attached hydrogens (tertiary/aromatic N) is 2.